The second-order valence-electron chi connectivity index (χ2n) is 2.58. The predicted octanol–water partition coefficient (Wildman–Crippen LogP) is 0.454. The molecule has 0 radical (unpaired) electrons. The second-order valence-corrected chi connectivity index (χ2v) is 6.21. The molecule has 0 heterocycles. The molecule has 0 unspecified atom stereocenters. The van der Waals surface area contributed by atoms with Gasteiger partial charge in [-0.25, -0.2) is 0 Å². The SMILES string of the molecule is CC[SiH2]OCCCO[SiH2]CC. The van der Waals surface area contributed by atoms with E-state index in [4.69, 9.17) is 8.85 Å². The molecule has 0 bridgehead atoms. The van der Waals surface area contributed by atoms with Gasteiger partial charge in [0.15, 0.2) is 19.5 Å². The van der Waals surface area contributed by atoms with Crippen molar-refractivity contribution in [2.45, 2.75) is 32.4 Å². The largest absolute Gasteiger partial charge is 0.424 e. The first kappa shape index (κ1) is 11.4. The van der Waals surface area contributed by atoms with Gasteiger partial charge in [-0.15, -0.1) is 0 Å². The zero-order valence-electron chi connectivity index (χ0n) is 7.77. The van der Waals surface area contributed by atoms with Gasteiger partial charge in [-0.1, -0.05) is 13.8 Å². The van der Waals surface area contributed by atoms with Gasteiger partial charge >= 0.3 is 0 Å². The fraction of sp³-hybridized carbons (Fsp3) is 1.00. The van der Waals surface area contributed by atoms with Gasteiger partial charge in [0.1, 0.15) is 0 Å². The van der Waals surface area contributed by atoms with Crippen LogP contribution >= 0.6 is 0 Å². The molecule has 0 aromatic heterocycles. The molecule has 0 aromatic carbocycles. The summed E-state index contributed by atoms with van der Waals surface area (Å²) in [5, 5.41) is 0. The Bertz CT molecular complexity index is 63.5. The van der Waals surface area contributed by atoms with Gasteiger partial charge in [-0.05, 0) is 18.5 Å². The van der Waals surface area contributed by atoms with Gasteiger partial charge in [-0.3, -0.25) is 0 Å². The lowest BCUT2D eigenvalue weighted by molar-refractivity contribution is 0.261. The first-order valence-electron chi connectivity index (χ1n) is 4.57. The van der Waals surface area contributed by atoms with E-state index in [9.17, 15) is 0 Å². The summed E-state index contributed by atoms with van der Waals surface area (Å²) < 4.78 is 10.9. The summed E-state index contributed by atoms with van der Waals surface area (Å²) in [5.41, 5.74) is 0. The molecule has 0 aliphatic heterocycles. The molecule has 0 atom stereocenters. The normalized spacial score (nSPS) is 12.5. The van der Waals surface area contributed by atoms with E-state index in [1.807, 2.05) is 0 Å². The van der Waals surface area contributed by atoms with Crippen LogP contribution in [0.1, 0.15) is 20.3 Å². The smallest absolute Gasteiger partial charge is 0.161 e. The van der Waals surface area contributed by atoms with Crippen molar-refractivity contribution in [3.05, 3.63) is 0 Å². The first-order valence-corrected chi connectivity index (χ1v) is 7.72. The molecular weight excluding hydrogens is 172 g/mol. The van der Waals surface area contributed by atoms with Gasteiger partial charge in [0.05, 0.1) is 0 Å². The molecule has 0 aromatic rings. The summed E-state index contributed by atoms with van der Waals surface area (Å²) in [7, 11) is -0.324. The van der Waals surface area contributed by atoms with Crippen LogP contribution in [-0.4, -0.2) is 32.7 Å². The second kappa shape index (κ2) is 10.4. The predicted molar refractivity (Wildman–Crippen MR) is 54.6 cm³/mol. The summed E-state index contributed by atoms with van der Waals surface area (Å²) in [4.78, 5) is 0. The maximum Gasteiger partial charge on any atom is 0.161 e. The Kier molecular flexibility index (Phi) is 10.7. The minimum Gasteiger partial charge on any atom is -0.424 e. The lowest BCUT2D eigenvalue weighted by Crippen LogP contribution is -2.04. The topological polar surface area (TPSA) is 18.5 Å². The third kappa shape index (κ3) is 10.4. The third-order valence-corrected chi connectivity index (χ3v) is 3.25. The highest BCUT2D eigenvalue weighted by molar-refractivity contribution is 6.27. The van der Waals surface area contributed by atoms with Crippen molar-refractivity contribution >= 4 is 19.5 Å². The van der Waals surface area contributed by atoms with Crippen LogP contribution < -0.4 is 0 Å². The highest BCUT2D eigenvalue weighted by atomic mass is 28.2. The van der Waals surface area contributed by atoms with Crippen LogP contribution in [0.5, 0.6) is 0 Å². The van der Waals surface area contributed by atoms with Crippen LogP contribution in [0.4, 0.5) is 0 Å². The van der Waals surface area contributed by atoms with Crippen molar-refractivity contribution in [3.8, 4) is 0 Å². The van der Waals surface area contributed by atoms with Crippen molar-refractivity contribution in [2.24, 2.45) is 0 Å². The van der Waals surface area contributed by atoms with E-state index in [0.29, 0.717) is 0 Å². The van der Waals surface area contributed by atoms with Gasteiger partial charge in [0, 0.05) is 13.2 Å². The Labute approximate surface area is 74.6 Å². The fourth-order valence-electron chi connectivity index (χ4n) is 0.756. The van der Waals surface area contributed by atoms with E-state index >= 15 is 0 Å². The molecular formula is C7H20O2Si2. The third-order valence-electron chi connectivity index (χ3n) is 1.27. The number of hydrogen-bond donors (Lipinski definition) is 0. The molecule has 11 heavy (non-hydrogen) atoms. The van der Waals surface area contributed by atoms with Crippen LogP contribution in [0.15, 0.2) is 0 Å². The monoisotopic (exact) mass is 192 g/mol. The van der Waals surface area contributed by atoms with Crippen LogP contribution in [0.3, 0.4) is 0 Å². The van der Waals surface area contributed by atoms with Crippen molar-refractivity contribution in [2.75, 3.05) is 13.2 Å². The number of hydrogen-bond acceptors (Lipinski definition) is 2. The maximum atomic E-state index is 5.44. The van der Waals surface area contributed by atoms with Crippen molar-refractivity contribution in [1.82, 2.24) is 0 Å². The van der Waals surface area contributed by atoms with Crippen molar-refractivity contribution < 1.29 is 8.85 Å². The van der Waals surface area contributed by atoms with E-state index in [1.165, 1.54) is 12.1 Å². The zero-order chi connectivity index (χ0) is 8.36. The quantitative estimate of drug-likeness (QED) is 0.411. The number of rotatable bonds is 8. The standard InChI is InChI=1S/C7H20O2Si2/c1-3-10-8-6-5-7-9-11-4-2/h3-7,10-11H2,1-2H3. The van der Waals surface area contributed by atoms with Gasteiger partial charge < -0.3 is 8.85 Å². The summed E-state index contributed by atoms with van der Waals surface area (Å²) in [6.07, 6.45) is 1.10. The van der Waals surface area contributed by atoms with Crippen LogP contribution in [0.2, 0.25) is 12.1 Å². The Morgan fingerprint density at radius 2 is 1.36 bits per heavy atom. The minimum absolute atomic E-state index is 0.162. The summed E-state index contributed by atoms with van der Waals surface area (Å²) >= 11 is 0. The molecule has 0 saturated carbocycles. The molecule has 0 saturated heterocycles. The van der Waals surface area contributed by atoms with E-state index < -0.39 is 0 Å². The highest BCUT2D eigenvalue weighted by Gasteiger charge is 1.88. The van der Waals surface area contributed by atoms with Crippen LogP contribution in [-0.2, 0) is 8.85 Å². The molecule has 0 aliphatic carbocycles. The average Bonchev–Trinajstić information content (AvgIpc) is 2.03. The van der Waals surface area contributed by atoms with Crippen molar-refractivity contribution in [3.63, 3.8) is 0 Å². The van der Waals surface area contributed by atoms with Gasteiger partial charge in [0.2, 0.25) is 0 Å². The lowest BCUT2D eigenvalue weighted by Gasteiger charge is -2.02. The summed E-state index contributed by atoms with van der Waals surface area (Å²) in [6.45, 7) is 6.23. The zero-order valence-corrected chi connectivity index (χ0v) is 10.6. The Morgan fingerprint density at radius 1 is 0.909 bits per heavy atom. The van der Waals surface area contributed by atoms with E-state index in [1.54, 1.807) is 0 Å². The molecule has 2 nitrogen and oxygen atoms in total. The molecule has 0 N–H and O–H groups in total. The Morgan fingerprint density at radius 3 is 1.73 bits per heavy atom. The molecule has 68 valence electrons. The molecule has 0 aliphatic rings. The lowest BCUT2D eigenvalue weighted by atomic mass is 10.5. The van der Waals surface area contributed by atoms with E-state index in [2.05, 4.69) is 13.8 Å². The van der Waals surface area contributed by atoms with Gasteiger partial charge in [-0.2, -0.15) is 0 Å². The van der Waals surface area contributed by atoms with E-state index in [0.717, 1.165) is 19.6 Å². The van der Waals surface area contributed by atoms with Crippen LogP contribution in [0, 0.1) is 0 Å². The summed E-state index contributed by atoms with van der Waals surface area (Å²) in [5.74, 6) is 0. The molecule has 0 fully saturated rings. The average molecular weight is 192 g/mol. The molecule has 4 heteroatoms. The Balaban J connectivity index is 2.69. The Hall–Kier alpha value is 0.354. The van der Waals surface area contributed by atoms with Gasteiger partial charge in [0.25, 0.3) is 0 Å². The highest BCUT2D eigenvalue weighted by Crippen LogP contribution is 1.86. The maximum absolute atomic E-state index is 5.44. The summed E-state index contributed by atoms with van der Waals surface area (Å²) in [6, 6.07) is 2.51. The minimum atomic E-state index is -0.162. The fourth-order valence-corrected chi connectivity index (χ4v) is 2.15. The first-order chi connectivity index (χ1) is 5.41. The molecule has 0 amide bonds. The molecule has 0 spiro atoms. The van der Waals surface area contributed by atoms with Crippen molar-refractivity contribution in [1.29, 1.82) is 0 Å². The van der Waals surface area contributed by atoms with Crippen LogP contribution in [0.25, 0.3) is 0 Å². The molecule has 0 rings (SSSR count). The van der Waals surface area contributed by atoms with E-state index in [-0.39, 0.29) is 19.5 Å².